The lowest BCUT2D eigenvalue weighted by atomic mass is 10.7. The van der Waals surface area contributed by atoms with E-state index in [-0.39, 0.29) is 12.3 Å². The van der Waals surface area contributed by atoms with E-state index in [1.165, 1.54) is 18.4 Å². The van der Waals surface area contributed by atoms with Crippen LogP contribution in [-0.4, -0.2) is 74.7 Å². The molecular formula is C11H23N7O2S. The smallest absolute Gasteiger partial charge is 0.231 e. The zero-order chi connectivity index (χ0) is 16.0. The maximum Gasteiger partial charge on any atom is 0.231 e. The van der Waals surface area contributed by atoms with Gasteiger partial charge in [-0.15, -0.1) is 0 Å². The number of anilines is 3. The number of rotatable bonds is 8. The predicted octanol–water partition coefficient (Wildman–Crippen LogP) is -0.327. The van der Waals surface area contributed by atoms with Crippen LogP contribution in [0.4, 0.5) is 17.8 Å². The average molecular weight is 317 g/mol. The van der Waals surface area contributed by atoms with Crippen molar-refractivity contribution in [2.24, 2.45) is 0 Å². The third kappa shape index (κ3) is 5.31. The molecule has 0 fully saturated rings. The van der Waals surface area contributed by atoms with Gasteiger partial charge in [0.2, 0.25) is 27.9 Å². The lowest BCUT2D eigenvalue weighted by Crippen LogP contribution is -2.29. The summed E-state index contributed by atoms with van der Waals surface area (Å²) < 4.78 is 24.5. The lowest BCUT2D eigenvalue weighted by molar-refractivity contribution is 0.521. The molecule has 0 spiro atoms. The molecule has 0 aliphatic carbocycles. The van der Waals surface area contributed by atoms with Gasteiger partial charge in [0.05, 0.1) is 5.75 Å². The molecule has 2 N–H and O–H groups in total. The van der Waals surface area contributed by atoms with E-state index in [1.807, 2.05) is 21.0 Å². The van der Waals surface area contributed by atoms with E-state index in [1.54, 1.807) is 4.90 Å². The number of hydrogen-bond acceptors (Lipinski definition) is 8. The zero-order valence-electron chi connectivity index (χ0n) is 13.1. The van der Waals surface area contributed by atoms with Gasteiger partial charge < -0.3 is 15.5 Å². The molecule has 1 aromatic rings. The van der Waals surface area contributed by atoms with Gasteiger partial charge in [-0.25, -0.2) is 12.7 Å². The van der Waals surface area contributed by atoms with Crippen molar-refractivity contribution < 1.29 is 8.42 Å². The third-order valence-electron chi connectivity index (χ3n) is 2.56. The van der Waals surface area contributed by atoms with Gasteiger partial charge in [0.15, 0.2) is 0 Å². The van der Waals surface area contributed by atoms with E-state index in [9.17, 15) is 8.42 Å². The number of nitrogens with one attached hydrogen (secondary N) is 2. The molecule has 1 aromatic heterocycles. The first-order valence-electron chi connectivity index (χ1n) is 6.57. The molecule has 9 nitrogen and oxygen atoms in total. The Hall–Kier alpha value is -1.68. The number of nitrogens with zero attached hydrogens (tertiary/aromatic N) is 5. The monoisotopic (exact) mass is 317 g/mol. The van der Waals surface area contributed by atoms with Crippen LogP contribution in [0.1, 0.15) is 6.92 Å². The first-order chi connectivity index (χ1) is 9.76. The van der Waals surface area contributed by atoms with Gasteiger partial charge in [-0.2, -0.15) is 15.0 Å². The molecule has 1 heterocycles. The third-order valence-corrected chi connectivity index (χ3v) is 4.39. The largest absolute Gasteiger partial charge is 0.354 e. The number of hydrogen-bond donors (Lipinski definition) is 2. The highest BCUT2D eigenvalue weighted by Gasteiger charge is 2.14. The molecule has 0 saturated heterocycles. The standard InChI is InChI=1S/C11H23N7O2S/c1-6-12-9-14-10(16-11(15-9)17(2)3)13-7-8-21(19,20)18(4)5/h6-8H2,1-5H3,(H2,12,13,14,15,16). The second kappa shape index (κ2) is 7.36. The van der Waals surface area contributed by atoms with Crippen molar-refractivity contribution in [2.75, 3.05) is 62.6 Å². The number of aromatic nitrogens is 3. The van der Waals surface area contributed by atoms with Gasteiger partial charge in [-0.3, -0.25) is 0 Å². The summed E-state index contributed by atoms with van der Waals surface area (Å²) in [5, 5.41) is 5.93. The Balaban J connectivity index is 2.78. The van der Waals surface area contributed by atoms with E-state index < -0.39 is 10.0 Å². The molecule has 1 rings (SSSR count). The Morgan fingerprint density at radius 2 is 1.57 bits per heavy atom. The molecule has 0 aromatic carbocycles. The molecular weight excluding hydrogens is 294 g/mol. The highest BCUT2D eigenvalue weighted by molar-refractivity contribution is 7.89. The van der Waals surface area contributed by atoms with Crippen LogP contribution in [0.25, 0.3) is 0 Å². The van der Waals surface area contributed by atoms with E-state index in [0.29, 0.717) is 24.4 Å². The van der Waals surface area contributed by atoms with Crippen molar-refractivity contribution in [3.8, 4) is 0 Å². The molecule has 0 amide bonds. The van der Waals surface area contributed by atoms with Crippen LogP contribution in [0.2, 0.25) is 0 Å². The van der Waals surface area contributed by atoms with Crippen LogP contribution >= 0.6 is 0 Å². The van der Waals surface area contributed by atoms with Crippen molar-refractivity contribution in [1.29, 1.82) is 0 Å². The second-order valence-electron chi connectivity index (χ2n) is 4.73. The van der Waals surface area contributed by atoms with E-state index >= 15 is 0 Å². The van der Waals surface area contributed by atoms with Crippen LogP contribution in [0.3, 0.4) is 0 Å². The van der Waals surface area contributed by atoms with Crippen molar-refractivity contribution >= 4 is 27.9 Å². The molecule has 0 saturated carbocycles. The van der Waals surface area contributed by atoms with Crippen molar-refractivity contribution in [1.82, 2.24) is 19.3 Å². The van der Waals surface area contributed by atoms with Crippen LogP contribution in [0.5, 0.6) is 0 Å². The van der Waals surface area contributed by atoms with E-state index in [4.69, 9.17) is 0 Å². The molecule has 0 aliphatic rings. The van der Waals surface area contributed by atoms with Gasteiger partial charge >= 0.3 is 0 Å². The molecule has 10 heteroatoms. The SMILES string of the molecule is CCNc1nc(NCCS(=O)(=O)N(C)C)nc(N(C)C)n1. The van der Waals surface area contributed by atoms with E-state index in [2.05, 4.69) is 25.6 Å². The Morgan fingerprint density at radius 1 is 1.00 bits per heavy atom. The predicted molar refractivity (Wildman–Crippen MR) is 84.3 cm³/mol. The molecule has 120 valence electrons. The van der Waals surface area contributed by atoms with Crippen LogP contribution in [0.15, 0.2) is 0 Å². The minimum Gasteiger partial charge on any atom is -0.354 e. The normalized spacial score (nSPS) is 11.5. The molecule has 0 unspecified atom stereocenters. The fourth-order valence-corrected chi connectivity index (χ4v) is 2.08. The van der Waals surface area contributed by atoms with Crippen LogP contribution in [0, 0.1) is 0 Å². The molecule has 21 heavy (non-hydrogen) atoms. The summed E-state index contributed by atoms with van der Waals surface area (Å²) in [6.45, 7) is 2.85. The Kier molecular flexibility index (Phi) is 6.09. The van der Waals surface area contributed by atoms with Crippen LogP contribution in [-0.2, 0) is 10.0 Å². The first kappa shape index (κ1) is 17.4. The van der Waals surface area contributed by atoms with Gasteiger partial charge in [0, 0.05) is 41.3 Å². The van der Waals surface area contributed by atoms with Gasteiger partial charge in [-0.1, -0.05) is 0 Å². The Morgan fingerprint density at radius 3 is 2.05 bits per heavy atom. The highest BCUT2D eigenvalue weighted by Crippen LogP contribution is 2.11. The summed E-state index contributed by atoms with van der Waals surface area (Å²) in [5.41, 5.74) is 0. The van der Waals surface area contributed by atoms with Crippen molar-refractivity contribution in [3.05, 3.63) is 0 Å². The fraction of sp³-hybridized carbons (Fsp3) is 0.727. The van der Waals surface area contributed by atoms with Gasteiger partial charge in [-0.05, 0) is 6.92 Å². The topological polar surface area (TPSA) is 103 Å². The van der Waals surface area contributed by atoms with E-state index in [0.717, 1.165) is 0 Å². The van der Waals surface area contributed by atoms with Gasteiger partial charge in [0.1, 0.15) is 0 Å². The second-order valence-corrected chi connectivity index (χ2v) is 7.03. The molecule has 0 radical (unpaired) electrons. The Bertz CT molecular complexity index is 560. The molecule has 0 atom stereocenters. The maximum absolute atomic E-state index is 11.7. The summed E-state index contributed by atoms with van der Waals surface area (Å²) in [6, 6.07) is 0. The minimum absolute atomic E-state index is 0.0283. The van der Waals surface area contributed by atoms with Crippen molar-refractivity contribution in [2.45, 2.75) is 6.92 Å². The average Bonchev–Trinajstić information content (AvgIpc) is 2.38. The van der Waals surface area contributed by atoms with Gasteiger partial charge in [0.25, 0.3) is 0 Å². The summed E-state index contributed by atoms with van der Waals surface area (Å²) in [5.74, 6) is 1.27. The highest BCUT2D eigenvalue weighted by atomic mass is 32.2. The fourth-order valence-electron chi connectivity index (χ4n) is 1.36. The van der Waals surface area contributed by atoms with Crippen LogP contribution < -0.4 is 15.5 Å². The maximum atomic E-state index is 11.7. The van der Waals surface area contributed by atoms with Crippen molar-refractivity contribution in [3.63, 3.8) is 0 Å². The quantitative estimate of drug-likeness (QED) is 0.672. The molecule has 0 bridgehead atoms. The number of sulfonamides is 1. The summed E-state index contributed by atoms with van der Waals surface area (Å²) in [7, 11) is 3.42. The zero-order valence-corrected chi connectivity index (χ0v) is 13.9. The Labute approximate surface area is 125 Å². The summed E-state index contributed by atoms with van der Waals surface area (Å²) >= 11 is 0. The summed E-state index contributed by atoms with van der Waals surface area (Å²) in [6.07, 6.45) is 0. The summed E-state index contributed by atoms with van der Waals surface area (Å²) in [4.78, 5) is 14.4. The first-order valence-corrected chi connectivity index (χ1v) is 8.18. The molecule has 0 aliphatic heterocycles. The lowest BCUT2D eigenvalue weighted by Gasteiger charge is -2.14. The minimum atomic E-state index is -3.24.